The molecule has 5 aromatic rings. The van der Waals surface area contributed by atoms with Gasteiger partial charge in [0.2, 0.25) is 17.7 Å². The number of carbonyl (C=O) groups excluding carboxylic acids is 5. The normalized spacial score (nSPS) is 19.5. The highest BCUT2D eigenvalue weighted by atomic mass is 32.2. The molecule has 0 bridgehead atoms. The molecule has 7 rings (SSSR count). The quantitative estimate of drug-likeness (QED) is 0.0393. The summed E-state index contributed by atoms with van der Waals surface area (Å²) in [5.74, 6) is -6.69. The molecule has 3 aromatic carbocycles. The fourth-order valence-electron chi connectivity index (χ4n) is 10.4. The Morgan fingerprint density at radius 2 is 1.59 bits per heavy atom. The van der Waals surface area contributed by atoms with E-state index in [0.29, 0.717) is 19.5 Å². The third kappa shape index (κ3) is 12.0. The molecule has 75 heavy (non-hydrogen) atoms. The van der Waals surface area contributed by atoms with Crippen LogP contribution in [0, 0.1) is 36.5 Å². The van der Waals surface area contributed by atoms with Crippen molar-refractivity contribution in [1.82, 2.24) is 23.7 Å². The number of ketones is 2. The van der Waals surface area contributed by atoms with Gasteiger partial charge in [-0.3, -0.25) is 38.7 Å². The van der Waals surface area contributed by atoms with Crippen LogP contribution >= 0.6 is 0 Å². The van der Waals surface area contributed by atoms with Crippen molar-refractivity contribution in [2.75, 3.05) is 37.9 Å². The number of morpholine rings is 1. The van der Waals surface area contributed by atoms with Gasteiger partial charge >= 0.3 is 0 Å². The second-order valence-corrected chi connectivity index (χ2v) is 22.8. The van der Waals surface area contributed by atoms with E-state index in [4.69, 9.17) is 16.2 Å². The largest absolute Gasteiger partial charge is 0.380 e. The number of hydrogen-bond donors (Lipinski definition) is 4. The average molecular weight is 1050 g/mol. The Labute approximate surface area is 439 Å². The van der Waals surface area contributed by atoms with Gasteiger partial charge in [-0.25, -0.2) is 22.4 Å². The summed E-state index contributed by atoms with van der Waals surface area (Å²) < 4.78 is 34.5. The van der Waals surface area contributed by atoms with Crippen LogP contribution in [0.15, 0.2) is 102 Å². The van der Waals surface area contributed by atoms with Crippen molar-refractivity contribution in [3.8, 4) is 0 Å². The zero-order valence-electron chi connectivity index (χ0n) is 43.9. The molecule has 2 aromatic heterocycles. The van der Waals surface area contributed by atoms with E-state index < -0.39 is 101 Å². The molecule has 402 valence electrons. The van der Waals surface area contributed by atoms with Crippen LogP contribution in [-0.2, 0) is 46.8 Å². The number of ether oxygens (including phenoxy) is 1. The molecule has 3 amide bonds. The van der Waals surface area contributed by atoms with Gasteiger partial charge in [-0.2, -0.15) is 0 Å². The van der Waals surface area contributed by atoms with Gasteiger partial charge in [0.05, 0.1) is 35.8 Å². The molecule has 2 fully saturated rings. The topological polar surface area (TPSA) is 262 Å². The molecule has 6 N–H and O–H groups in total. The summed E-state index contributed by atoms with van der Waals surface area (Å²) in [6.45, 7) is 13.0. The lowest BCUT2D eigenvalue weighted by molar-refractivity contribution is -0.158. The lowest BCUT2D eigenvalue weighted by Gasteiger charge is -2.41. The van der Waals surface area contributed by atoms with E-state index in [2.05, 4.69) is 9.97 Å². The van der Waals surface area contributed by atoms with Crippen LogP contribution in [-0.4, -0.2) is 134 Å². The highest BCUT2D eigenvalue weighted by Gasteiger charge is 2.58. The molecule has 0 aliphatic carbocycles. The molecular formula is C56H72N8O10S. The predicted molar refractivity (Wildman–Crippen MR) is 284 cm³/mol. The highest BCUT2D eigenvalue weighted by Crippen LogP contribution is 2.38. The first-order valence-corrected chi connectivity index (χ1v) is 27.3. The maximum Gasteiger partial charge on any atom is 0.268 e. The van der Waals surface area contributed by atoms with E-state index in [1.807, 2.05) is 82.0 Å². The van der Waals surface area contributed by atoms with E-state index in [-0.39, 0.29) is 65.6 Å². The van der Waals surface area contributed by atoms with Crippen molar-refractivity contribution in [3.05, 3.63) is 120 Å². The number of aryl methyl sites for hydroxylation is 1. The number of aromatic nitrogens is 3. The average Bonchev–Trinajstić information content (AvgIpc) is 3.98. The minimum absolute atomic E-state index is 0.00546. The highest BCUT2D eigenvalue weighted by molar-refractivity contribution is 7.90. The standard InChI is InChI=1S/C56H72N8O10S/c1-8-37(7)49(58)51(66)40-18-21-48(59-30-40)63(33-65)53(68)45(35(4)5)29-56(71,47(57)26-34(2)3)52(67)46(28-41-31-62(32-60-41)75(72,73)42-19-16-36(6)17-20-42)64-54(69)44(50(55(64)70)61-22-24-74-25-23-61)27-39-14-11-13-38-12-9-10-15-43(38)39/h9-21,30-32,34-35,37,44-47,49-50,65,71H,8,22-29,33,57-58H2,1-7H3/t37-,44?,45?,46-,47-,49+,50?,56-/m0/s1. The summed E-state index contributed by atoms with van der Waals surface area (Å²) in [5, 5.41) is 26.0. The number of likely N-dealkylation sites (tertiary alicyclic amines) is 1. The number of imidazole rings is 1. The number of nitrogens with zero attached hydrogens (tertiary/aromatic N) is 6. The van der Waals surface area contributed by atoms with Crippen molar-refractivity contribution in [2.24, 2.45) is 41.1 Å². The van der Waals surface area contributed by atoms with Crippen LogP contribution in [0.2, 0.25) is 0 Å². The summed E-state index contributed by atoms with van der Waals surface area (Å²) in [6, 6.07) is 17.5. The first-order valence-electron chi connectivity index (χ1n) is 25.8. The van der Waals surface area contributed by atoms with Crippen molar-refractivity contribution in [2.45, 2.75) is 115 Å². The summed E-state index contributed by atoms with van der Waals surface area (Å²) in [5.41, 5.74) is 12.4. The number of nitrogens with two attached hydrogens (primary N) is 2. The molecule has 19 heteroatoms. The van der Waals surface area contributed by atoms with Crippen LogP contribution in [0.1, 0.15) is 88.0 Å². The van der Waals surface area contributed by atoms with E-state index in [0.717, 1.165) is 42.0 Å². The zero-order chi connectivity index (χ0) is 54.5. The second kappa shape index (κ2) is 23.9. The van der Waals surface area contributed by atoms with Crippen LogP contribution in [0.5, 0.6) is 0 Å². The number of fused-ring (bicyclic) bond motifs is 1. The minimum Gasteiger partial charge on any atom is -0.380 e. The number of anilines is 1. The van der Waals surface area contributed by atoms with Crippen LogP contribution in [0.4, 0.5) is 5.82 Å². The molecular weight excluding hydrogens is 977 g/mol. The Hall–Kier alpha value is -6.06. The number of aliphatic hydroxyl groups is 2. The van der Waals surface area contributed by atoms with Crippen molar-refractivity contribution < 1.29 is 47.3 Å². The summed E-state index contributed by atoms with van der Waals surface area (Å²) in [7, 11) is -4.21. The monoisotopic (exact) mass is 1050 g/mol. The Morgan fingerprint density at radius 1 is 0.907 bits per heavy atom. The fourth-order valence-corrected chi connectivity index (χ4v) is 11.5. The lowest BCUT2D eigenvalue weighted by Crippen LogP contribution is -2.63. The third-order valence-electron chi connectivity index (χ3n) is 15.1. The minimum atomic E-state index is -4.21. The molecule has 4 heterocycles. The molecule has 3 unspecified atom stereocenters. The van der Waals surface area contributed by atoms with Gasteiger partial charge in [0.1, 0.15) is 36.6 Å². The fraction of sp³-hybridized carbons (Fsp3) is 0.482. The van der Waals surface area contributed by atoms with Crippen LogP contribution < -0.4 is 16.4 Å². The number of carbonyl (C=O) groups is 5. The first-order chi connectivity index (χ1) is 35.6. The van der Waals surface area contributed by atoms with E-state index in [1.54, 1.807) is 26.0 Å². The second-order valence-electron chi connectivity index (χ2n) is 21.0. The third-order valence-corrected chi connectivity index (χ3v) is 16.7. The van der Waals surface area contributed by atoms with Gasteiger partial charge in [-0.05, 0) is 84.5 Å². The number of Topliss-reactive ketones (excluding diaryl/α,β-unsaturated/α-hetero) is 2. The van der Waals surface area contributed by atoms with Crippen molar-refractivity contribution in [1.29, 1.82) is 0 Å². The van der Waals surface area contributed by atoms with Gasteiger partial charge < -0.3 is 26.4 Å². The van der Waals surface area contributed by atoms with Gasteiger partial charge in [0.15, 0.2) is 11.6 Å². The number of hydrogen-bond acceptors (Lipinski definition) is 15. The number of imide groups is 1. The van der Waals surface area contributed by atoms with E-state index in [9.17, 15) is 28.2 Å². The van der Waals surface area contributed by atoms with E-state index >= 15 is 14.4 Å². The van der Waals surface area contributed by atoms with E-state index in [1.165, 1.54) is 36.7 Å². The summed E-state index contributed by atoms with van der Waals surface area (Å²) in [4.78, 5) is 87.6. The van der Waals surface area contributed by atoms with Gasteiger partial charge in [-0.15, -0.1) is 0 Å². The number of pyridine rings is 1. The Morgan fingerprint density at radius 3 is 2.21 bits per heavy atom. The van der Waals surface area contributed by atoms with Crippen molar-refractivity contribution in [3.63, 3.8) is 0 Å². The summed E-state index contributed by atoms with van der Waals surface area (Å²) >= 11 is 0. The Bertz CT molecular complexity index is 2950. The molecule has 2 saturated heterocycles. The van der Waals surface area contributed by atoms with Gasteiger partial charge in [-0.1, -0.05) is 108 Å². The molecule has 0 spiro atoms. The SMILES string of the molecule is CC[C@H](C)[C@@H](N)C(=O)c1ccc(N(CO)C(=O)C(C[C@@](O)(C(=O)[C@H](Cc2cn(S(=O)(=O)c3ccc(C)cc3)cn2)N2C(=O)C(Cc3cccc4ccccc34)C(N3CCOCC3)C2=O)[C@@H](N)CC(C)C)C(C)C)nc1. The first kappa shape index (κ1) is 56.7. The van der Waals surface area contributed by atoms with Crippen molar-refractivity contribution >= 4 is 55.9 Å². The zero-order valence-corrected chi connectivity index (χ0v) is 44.7. The maximum atomic E-state index is 16.1. The van der Waals surface area contributed by atoms with Crippen LogP contribution in [0.3, 0.4) is 0 Å². The Kier molecular flexibility index (Phi) is 18.0. The molecule has 0 radical (unpaired) electrons. The van der Waals surface area contributed by atoms with Gasteiger partial charge in [0, 0.05) is 49.4 Å². The number of benzene rings is 3. The van der Waals surface area contributed by atoms with Gasteiger partial charge in [0.25, 0.3) is 10.0 Å². The molecule has 2 aliphatic heterocycles. The number of rotatable bonds is 23. The molecule has 2 aliphatic rings. The molecule has 8 atom stereocenters. The smallest absolute Gasteiger partial charge is 0.268 e. The lowest BCUT2D eigenvalue weighted by atomic mass is 9.73. The predicted octanol–water partition coefficient (Wildman–Crippen LogP) is 4.69. The molecule has 0 saturated carbocycles. The van der Waals surface area contributed by atoms with Crippen LogP contribution in [0.25, 0.3) is 10.8 Å². The Balaban J connectivity index is 1.32. The summed E-state index contributed by atoms with van der Waals surface area (Å²) in [6.07, 6.45) is 3.25. The number of aliphatic hydroxyl groups excluding tert-OH is 1. The maximum absolute atomic E-state index is 16.1. The molecule has 18 nitrogen and oxygen atoms in total. The number of amides is 3.